The number of hydrogen-bond acceptors (Lipinski definition) is 6. The predicted octanol–water partition coefficient (Wildman–Crippen LogP) is 5.75. The van der Waals surface area contributed by atoms with Crippen LogP contribution in [0.1, 0.15) is 79.4 Å². The number of likely N-dealkylation sites (N-methyl/N-ethyl adjacent to an activating group) is 2. The Bertz CT molecular complexity index is 1480. The van der Waals surface area contributed by atoms with Crippen LogP contribution >= 0.6 is 0 Å². The minimum atomic E-state index is -1.55. The molecule has 0 aliphatic carbocycles. The number of carbonyl (C=O) groups excluding carboxylic acids is 2. The van der Waals surface area contributed by atoms with Gasteiger partial charge in [-0.3, -0.25) is 9.59 Å². The SMILES string of the molecule is C=CC(C)(C)[C@@]12N(C)c3ccccc3[C@]1(O)C[C@H]1C(=O)N3[C@@H](C[C@]4(O)c5ccccc5N(C)[C@]34C(C)(C)C=C)C(=O)N12.CC.CC. The van der Waals surface area contributed by atoms with Gasteiger partial charge in [0.15, 0.2) is 11.3 Å². The molecule has 248 valence electrons. The number of piperazine rings is 1. The largest absolute Gasteiger partial charge is 0.380 e. The summed E-state index contributed by atoms with van der Waals surface area (Å²) >= 11 is 0. The van der Waals surface area contributed by atoms with Crippen LogP contribution in [0.15, 0.2) is 73.8 Å². The number of aliphatic hydroxyl groups is 2. The molecule has 0 saturated carbocycles. The Labute approximate surface area is 275 Å². The van der Waals surface area contributed by atoms with Gasteiger partial charge in [-0.05, 0) is 12.1 Å². The fourth-order valence-corrected chi connectivity index (χ4v) is 10.1. The molecular weight excluding hydrogens is 576 g/mol. The van der Waals surface area contributed by atoms with E-state index in [1.165, 1.54) is 0 Å². The smallest absolute Gasteiger partial charge is 0.248 e. The van der Waals surface area contributed by atoms with Gasteiger partial charge in [0.2, 0.25) is 11.8 Å². The molecule has 0 unspecified atom stereocenters. The monoisotopic (exact) mass is 628 g/mol. The van der Waals surface area contributed by atoms with Crippen LogP contribution in [-0.2, 0) is 20.8 Å². The van der Waals surface area contributed by atoms with Gasteiger partial charge in [0.25, 0.3) is 0 Å². The first-order chi connectivity index (χ1) is 21.7. The summed E-state index contributed by atoms with van der Waals surface area (Å²) in [5, 5.41) is 25.7. The maximum Gasteiger partial charge on any atom is 0.248 e. The predicted molar refractivity (Wildman–Crippen MR) is 184 cm³/mol. The standard InChI is InChI=1S/C34H40N4O4.2C2H6/c1-9-29(3,4)33-31(41,21-15-11-13-17-23(21)35(33)7)19-25-28(40)38-26(27(39)37(25)33)20-32(42)22-16-12-14-18-24(22)36(8)34(32,38)30(5,6)10-2;2*1-2/h9-18,25-26,41-42H,1-2,19-20H2,3-8H3;2*1-2H3/t25-,26-,31-,32+,33+,34-;;/m0../s1. The van der Waals surface area contributed by atoms with Crippen molar-refractivity contribution in [2.24, 2.45) is 10.8 Å². The summed E-state index contributed by atoms with van der Waals surface area (Å²) in [6.07, 6.45) is 3.60. The summed E-state index contributed by atoms with van der Waals surface area (Å²) < 4.78 is 0. The second-order valence-electron chi connectivity index (χ2n) is 13.9. The van der Waals surface area contributed by atoms with E-state index in [9.17, 15) is 10.2 Å². The molecule has 2 N–H and O–H groups in total. The van der Waals surface area contributed by atoms with Crippen LogP contribution in [0.2, 0.25) is 0 Å². The normalized spacial score (nSPS) is 33.5. The van der Waals surface area contributed by atoms with Gasteiger partial charge in [0.1, 0.15) is 23.3 Å². The number of benzene rings is 2. The van der Waals surface area contributed by atoms with E-state index < -0.39 is 45.4 Å². The first-order valence-corrected chi connectivity index (χ1v) is 16.7. The van der Waals surface area contributed by atoms with Gasteiger partial charge in [-0.15, -0.1) is 13.2 Å². The van der Waals surface area contributed by atoms with Gasteiger partial charge in [-0.1, -0.05) is 104 Å². The summed E-state index contributed by atoms with van der Waals surface area (Å²) in [4.78, 5) is 37.5. The Morgan fingerprint density at radius 3 is 1.28 bits per heavy atom. The van der Waals surface area contributed by atoms with Crippen LogP contribution in [0, 0.1) is 10.8 Å². The average molecular weight is 629 g/mol. The Morgan fingerprint density at radius 2 is 0.978 bits per heavy atom. The summed E-state index contributed by atoms with van der Waals surface area (Å²) in [6.45, 7) is 24.1. The molecule has 0 bridgehead atoms. The fourth-order valence-electron chi connectivity index (χ4n) is 10.1. The van der Waals surface area contributed by atoms with Gasteiger partial charge in [-0.25, -0.2) is 0 Å². The lowest BCUT2D eigenvalue weighted by Crippen LogP contribution is -2.79. The topological polar surface area (TPSA) is 87.6 Å². The minimum absolute atomic E-state index is 0.0269. The Morgan fingerprint density at radius 1 is 0.674 bits per heavy atom. The van der Waals surface area contributed by atoms with E-state index in [1.54, 1.807) is 22.0 Å². The molecule has 2 amide bonds. The van der Waals surface area contributed by atoms with Gasteiger partial charge in [-0.2, -0.15) is 0 Å². The fraction of sp³-hybridized carbons (Fsp3) is 0.526. The van der Waals surface area contributed by atoms with E-state index in [2.05, 4.69) is 13.2 Å². The molecule has 2 aromatic carbocycles. The van der Waals surface area contributed by atoms with Crippen LogP contribution in [-0.4, -0.2) is 69.3 Å². The number of amides is 2. The lowest BCUT2D eigenvalue weighted by molar-refractivity contribution is -0.182. The number of anilines is 2. The van der Waals surface area contributed by atoms with Gasteiger partial charge in [0, 0.05) is 60.3 Å². The van der Waals surface area contributed by atoms with E-state index in [0.29, 0.717) is 11.1 Å². The molecule has 0 radical (unpaired) electrons. The third-order valence-corrected chi connectivity index (χ3v) is 11.7. The zero-order valence-electron chi connectivity index (χ0n) is 29.3. The van der Waals surface area contributed by atoms with Crippen molar-refractivity contribution >= 4 is 23.2 Å². The first-order valence-electron chi connectivity index (χ1n) is 16.7. The molecule has 5 aliphatic heterocycles. The molecule has 5 heterocycles. The highest BCUT2D eigenvalue weighted by molar-refractivity contribution is 6.02. The van der Waals surface area contributed by atoms with E-state index >= 15 is 9.59 Å². The van der Waals surface area contributed by atoms with E-state index in [4.69, 9.17) is 0 Å². The van der Waals surface area contributed by atoms with Crippen LogP contribution in [0.4, 0.5) is 11.4 Å². The summed E-state index contributed by atoms with van der Waals surface area (Å²) in [5.41, 5.74) is -4.39. The minimum Gasteiger partial charge on any atom is -0.380 e. The van der Waals surface area contributed by atoms with Crippen molar-refractivity contribution in [2.45, 2.75) is 103 Å². The molecular formula is C38H52N4O4. The van der Waals surface area contributed by atoms with Gasteiger partial charge >= 0.3 is 0 Å². The van der Waals surface area contributed by atoms with Crippen LogP contribution in [0.5, 0.6) is 0 Å². The van der Waals surface area contributed by atoms with Crippen molar-refractivity contribution < 1.29 is 19.8 Å². The van der Waals surface area contributed by atoms with Crippen molar-refractivity contribution in [1.29, 1.82) is 0 Å². The molecule has 8 heteroatoms. The van der Waals surface area contributed by atoms with Crippen LogP contribution < -0.4 is 9.80 Å². The van der Waals surface area contributed by atoms with Crippen LogP contribution in [0.3, 0.4) is 0 Å². The number of nitrogens with zero attached hydrogens (tertiary/aromatic N) is 4. The quantitative estimate of drug-likeness (QED) is 0.420. The third-order valence-electron chi connectivity index (χ3n) is 11.7. The number of rotatable bonds is 4. The number of hydrogen-bond donors (Lipinski definition) is 2. The van der Waals surface area contributed by atoms with Crippen molar-refractivity contribution in [3.63, 3.8) is 0 Å². The zero-order chi connectivity index (χ0) is 34.4. The summed E-state index contributed by atoms with van der Waals surface area (Å²) in [5.74, 6) is -0.559. The maximum absolute atomic E-state index is 15.1. The first kappa shape index (κ1) is 33.7. The number of para-hydroxylation sites is 2. The van der Waals surface area contributed by atoms with Crippen molar-refractivity contribution in [2.75, 3.05) is 23.9 Å². The summed E-state index contributed by atoms with van der Waals surface area (Å²) in [6, 6.07) is 13.4. The van der Waals surface area contributed by atoms with Crippen molar-refractivity contribution in [1.82, 2.24) is 9.80 Å². The Balaban J connectivity index is 0.00000100. The molecule has 46 heavy (non-hydrogen) atoms. The molecule has 6 atom stereocenters. The molecule has 0 spiro atoms. The highest BCUT2D eigenvalue weighted by Gasteiger charge is 2.83. The molecule has 3 fully saturated rings. The number of carbonyl (C=O) groups is 2. The molecule has 0 aromatic heterocycles. The third kappa shape index (κ3) is 3.27. The average Bonchev–Trinajstić information content (AvgIpc) is 3.66. The van der Waals surface area contributed by atoms with E-state index in [1.807, 2.05) is 128 Å². The molecule has 8 nitrogen and oxygen atoms in total. The van der Waals surface area contributed by atoms with Gasteiger partial charge < -0.3 is 29.8 Å². The second kappa shape index (κ2) is 10.4. The number of fused-ring (bicyclic) bond motifs is 10. The Hall–Kier alpha value is -3.62. The zero-order valence-corrected chi connectivity index (χ0v) is 29.3. The lowest BCUT2D eigenvalue weighted by Gasteiger charge is -2.60. The summed E-state index contributed by atoms with van der Waals surface area (Å²) in [7, 11) is 3.77. The molecule has 7 rings (SSSR count). The Kier molecular flexibility index (Phi) is 7.66. The van der Waals surface area contributed by atoms with Crippen molar-refractivity contribution in [3.05, 3.63) is 85.0 Å². The highest BCUT2D eigenvalue weighted by Crippen LogP contribution is 2.70. The van der Waals surface area contributed by atoms with E-state index in [-0.39, 0.29) is 24.7 Å². The lowest BCUT2D eigenvalue weighted by atomic mass is 9.67. The maximum atomic E-state index is 15.1. The van der Waals surface area contributed by atoms with Crippen LogP contribution in [0.25, 0.3) is 0 Å². The highest BCUT2D eigenvalue weighted by atomic mass is 16.3. The van der Waals surface area contributed by atoms with Crippen molar-refractivity contribution in [3.8, 4) is 0 Å². The molecule has 2 aromatic rings. The molecule has 3 saturated heterocycles. The second-order valence-corrected chi connectivity index (χ2v) is 13.9. The van der Waals surface area contributed by atoms with Gasteiger partial charge in [0.05, 0.1) is 0 Å². The van der Waals surface area contributed by atoms with E-state index in [0.717, 1.165) is 11.4 Å². The molecule has 5 aliphatic rings.